The number of anilines is 1. The van der Waals surface area contributed by atoms with Crippen LogP contribution < -0.4 is 9.64 Å². The Morgan fingerprint density at radius 1 is 0.853 bits per heavy atom. The zero-order chi connectivity index (χ0) is 24.7. The normalized spacial score (nSPS) is 11.1. The Balaban J connectivity index is 1.68. The molecular weight excluding hydrogens is 450 g/mol. The number of ether oxygens (including phenoxy) is 2. The van der Waals surface area contributed by atoms with Crippen LogP contribution in [0.4, 0.5) is 5.69 Å². The van der Waals surface area contributed by atoms with Crippen LogP contribution in [0.5, 0.6) is 5.75 Å². The van der Waals surface area contributed by atoms with Gasteiger partial charge in [0.2, 0.25) is 0 Å². The summed E-state index contributed by atoms with van der Waals surface area (Å²) in [7, 11) is 1.35. The Labute approximate surface area is 206 Å². The van der Waals surface area contributed by atoms with Crippen molar-refractivity contribution in [2.45, 2.75) is 32.6 Å². The van der Waals surface area contributed by atoms with Gasteiger partial charge in [-0.2, -0.15) is 0 Å². The number of methoxy groups -OCH3 is 1. The highest BCUT2D eigenvalue weighted by atomic mass is 35.5. The second-order valence-electron chi connectivity index (χ2n) is 8.98. The number of halogens is 1. The maximum absolute atomic E-state index is 13.4. The van der Waals surface area contributed by atoms with Gasteiger partial charge in [-0.15, -0.1) is 0 Å². The molecule has 0 atom stereocenters. The van der Waals surface area contributed by atoms with E-state index in [0.717, 1.165) is 5.69 Å². The summed E-state index contributed by atoms with van der Waals surface area (Å²) < 4.78 is 10.5. The molecule has 3 rings (SSSR count). The molecule has 6 heteroatoms. The number of hydrogen-bond donors (Lipinski definition) is 0. The van der Waals surface area contributed by atoms with Crippen LogP contribution in [-0.2, 0) is 10.2 Å². The van der Waals surface area contributed by atoms with Crippen LogP contribution in [0.1, 0.15) is 53.5 Å². The summed E-state index contributed by atoms with van der Waals surface area (Å²) in [4.78, 5) is 26.7. The molecule has 3 aromatic rings. The van der Waals surface area contributed by atoms with Gasteiger partial charge in [0.15, 0.2) is 0 Å². The Hall–Kier alpha value is -3.31. The van der Waals surface area contributed by atoms with Crippen LogP contribution in [0.25, 0.3) is 0 Å². The largest absolute Gasteiger partial charge is 0.494 e. The van der Waals surface area contributed by atoms with Gasteiger partial charge in [-0.3, -0.25) is 4.79 Å². The highest BCUT2D eigenvalue weighted by molar-refractivity contribution is 6.30. The summed E-state index contributed by atoms with van der Waals surface area (Å²) in [5.74, 6) is 0.180. The molecule has 3 aromatic carbocycles. The maximum Gasteiger partial charge on any atom is 0.337 e. The topological polar surface area (TPSA) is 55.8 Å². The predicted molar refractivity (Wildman–Crippen MR) is 136 cm³/mol. The van der Waals surface area contributed by atoms with Crippen molar-refractivity contribution in [2.24, 2.45) is 0 Å². The molecule has 0 bridgehead atoms. The average molecular weight is 480 g/mol. The van der Waals surface area contributed by atoms with Crippen molar-refractivity contribution in [1.82, 2.24) is 0 Å². The molecule has 0 saturated carbocycles. The second-order valence-corrected chi connectivity index (χ2v) is 9.41. The zero-order valence-electron chi connectivity index (χ0n) is 20.0. The van der Waals surface area contributed by atoms with E-state index in [4.69, 9.17) is 21.1 Å². The van der Waals surface area contributed by atoms with Gasteiger partial charge in [0.1, 0.15) is 5.75 Å². The fraction of sp³-hybridized carbons (Fsp3) is 0.286. The summed E-state index contributed by atoms with van der Waals surface area (Å²) in [6.45, 7) is 7.33. The van der Waals surface area contributed by atoms with E-state index in [2.05, 4.69) is 20.8 Å². The molecular formula is C28H30ClNO4. The summed E-state index contributed by atoms with van der Waals surface area (Å²) in [5.41, 5.74) is 3.06. The number of amides is 1. The van der Waals surface area contributed by atoms with E-state index in [-0.39, 0.29) is 17.3 Å². The van der Waals surface area contributed by atoms with Crippen molar-refractivity contribution in [1.29, 1.82) is 0 Å². The van der Waals surface area contributed by atoms with Crippen molar-refractivity contribution in [3.63, 3.8) is 0 Å². The molecule has 0 aliphatic carbocycles. The van der Waals surface area contributed by atoms with Crippen molar-refractivity contribution in [3.8, 4) is 5.75 Å². The fourth-order valence-electron chi connectivity index (χ4n) is 3.46. The Morgan fingerprint density at radius 3 is 2.00 bits per heavy atom. The van der Waals surface area contributed by atoms with E-state index in [9.17, 15) is 9.59 Å². The molecule has 0 spiro atoms. The number of esters is 1. The lowest BCUT2D eigenvalue weighted by Gasteiger charge is -2.24. The number of nitrogens with zero attached hydrogens (tertiary/aromatic N) is 1. The van der Waals surface area contributed by atoms with E-state index in [0.29, 0.717) is 41.5 Å². The third-order valence-corrected chi connectivity index (χ3v) is 5.70. The summed E-state index contributed by atoms with van der Waals surface area (Å²) in [5, 5.41) is 0.615. The van der Waals surface area contributed by atoms with Crippen molar-refractivity contribution in [3.05, 3.63) is 94.5 Å². The highest BCUT2D eigenvalue weighted by Crippen LogP contribution is 2.25. The molecule has 0 fully saturated rings. The van der Waals surface area contributed by atoms with Crippen LogP contribution in [0, 0.1) is 0 Å². The summed E-state index contributed by atoms with van der Waals surface area (Å²) in [6.07, 6.45) is 0.618. The molecule has 0 radical (unpaired) electrons. The third kappa shape index (κ3) is 6.61. The molecule has 5 nitrogen and oxygen atoms in total. The third-order valence-electron chi connectivity index (χ3n) is 5.45. The molecule has 0 unspecified atom stereocenters. The lowest BCUT2D eigenvalue weighted by molar-refractivity contribution is 0.0600. The average Bonchev–Trinajstić information content (AvgIpc) is 2.84. The molecule has 0 aliphatic heterocycles. The number of rotatable bonds is 8. The Kier molecular flexibility index (Phi) is 8.35. The zero-order valence-corrected chi connectivity index (χ0v) is 20.8. The molecule has 0 N–H and O–H groups in total. The van der Waals surface area contributed by atoms with Gasteiger partial charge < -0.3 is 14.4 Å². The molecule has 0 saturated heterocycles. The first-order valence-electron chi connectivity index (χ1n) is 11.2. The first-order valence-corrected chi connectivity index (χ1v) is 11.6. The summed E-state index contributed by atoms with van der Waals surface area (Å²) >= 11 is 6.06. The lowest BCUT2D eigenvalue weighted by atomic mass is 9.86. The van der Waals surface area contributed by atoms with Gasteiger partial charge in [0.05, 0.1) is 19.3 Å². The molecule has 0 aliphatic rings. The molecule has 1 amide bonds. The SMILES string of the molecule is COC(=O)c1ccc(OCCCN(C(=O)c2ccc(C(C)(C)C)cc2)c2ccc(Cl)cc2)cc1. The predicted octanol–water partition coefficient (Wildman–Crippen LogP) is 6.54. The smallest absolute Gasteiger partial charge is 0.337 e. The number of hydrogen-bond acceptors (Lipinski definition) is 4. The van der Waals surface area contributed by atoms with Gasteiger partial charge >= 0.3 is 5.97 Å². The van der Waals surface area contributed by atoms with Crippen molar-refractivity contribution in [2.75, 3.05) is 25.2 Å². The van der Waals surface area contributed by atoms with Crippen LogP contribution in [0.2, 0.25) is 5.02 Å². The molecule has 34 heavy (non-hydrogen) atoms. The minimum absolute atomic E-state index is 0.0177. The lowest BCUT2D eigenvalue weighted by Crippen LogP contribution is -2.32. The van der Waals surface area contributed by atoms with Gasteiger partial charge in [0, 0.05) is 22.8 Å². The van der Waals surface area contributed by atoms with Crippen LogP contribution >= 0.6 is 11.6 Å². The number of carbonyl (C=O) groups is 2. The van der Waals surface area contributed by atoms with E-state index < -0.39 is 0 Å². The van der Waals surface area contributed by atoms with Gasteiger partial charge in [-0.25, -0.2) is 4.79 Å². The fourth-order valence-corrected chi connectivity index (χ4v) is 3.58. The number of benzene rings is 3. The van der Waals surface area contributed by atoms with Crippen LogP contribution in [0.3, 0.4) is 0 Å². The molecule has 0 aromatic heterocycles. The van der Waals surface area contributed by atoms with E-state index in [1.807, 2.05) is 36.4 Å². The quantitative estimate of drug-likeness (QED) is 0.272. The summed E-state index contributed by atoms with van der Waals surface area (Å²) in [6, 6.07) is 21.8. The highest BCUT2D eigenvalue weighted by Gasteiger charge is 2.19. The van der Waals surface area contributed by atoms with Gasteiger partial charge in [-0.05, 0) is 78.1 Å². The van der Waals surface area contributed by atoms with Crippen LogP contribution in [0.15, 0.2) is 72.8 Å². The van der Waals surface area contributed by atoms with E-state index in [1.54, 1.807) is 41.3 Å². The van der Waals surface area contributed by atoms with E-state index >= 15 is 0 Å². The first kappa shape index (κ1) is 25.3. The standard InChI is InChI=1S/C28H30ClNO4/c1-28(2,3)22-10-6-20(7-11-22)26(31)30(24-14-12-23(29)13-15-24)18-5-19-34-25-16-8-21(9-17-25)27(32)33-4/h6-17H,5,18-19H2,1-4H3. The molecule has 178 valence electrons. The maximum atomic E-state index is 13.4. The molecule has 0 heterocycles. The van der Waals surface area contributed by atoms with Crippen LogP contribution in [-0.4, -0.2) is 32.1 Å². The minimum Gasteiger partial charge on any atom is -0.494 e. The first-order chi connectivity index (χ1) is 16.2. The van der Waals surface area contributed by atoms with Crippen molar-refractivity contribution >= 4 is 29.2 Å². The minimum atomic E-state index is -0.390. The Morgan fingerprint density at radius 2 is 1.44 bits per heavy atom. The van der Waals surface area contributed by atoms with E-state index in [1.165, 1.54) is 12.7 Å². The van der Waals surface area contributed by atoms with Gasteiger partial charge in [-0.1, -0.05) is 44.5 Å². The number of carbonyl (C=O) groups excluding carboxylic acids is 2. The van der Waals surface area contributed by atoms with Gasteiger partial charge in [0.25, 0.3) is 5.91 Å². The second kappa shape index (κ2) is 11.2. The Bertz CT molecular complexity index is 1100. The monoisotopic (exact) mass is 479 g/mol. The van der Waals surface area contributed by atoms with Crippen molar-refractivity contribution < 1.29 is 19.1 Å².